The van der Waals surface area contributed by atoms with Crippen molar-refractivity contribution in [2.75, 3.05) is 25.0 Å². The third kappa shape index (κ3) is 3.61. The maximum absolute atomic E-state index is 12.8. The molecule has 0 aliphatic carbocycles. The number of anilines is 1. The van der Waals surface area contributed by atoms with Crippen molar-refractivity contribution in [3.8, 4) is 5.75 Å². The minimum atomic E-state index is -0.536. The summed E-state index contributed by atoms with van der Waals surface area (Å²) in [4.78, 5) is 31.0. The summed E-state index contributed by atoms with van der Waals surface area (Å²) in [5.41, 5.74) is 1.13. The van der Waals surface area contributed by atoms with E-state index in [0.29, 0.717) is 38.4 Å². The first kappa shape index (κ1) is 19.9. The van der Waals surface area contributed by atoms with Crippen molar-refractivity contribution in [1.29, 1.82) is 0 Å². The minimum absolute atomic E-state index is 0.00176. The van der Waals surface area contributed by atoms with Crippen LogP contribution in [-0.2, 0) is 13.1 Å². The lowest BCUT2D eigenvalue weighted by Crippen LogP contribution is -2.46. The van der Waals surface area contributed by atoms with Crippen LogP contribution in [0.25, 0.3) is 10.9 Å². The number of carbonyl (C=O) groups excluding carboxylic acids is 1. The van der Waals surface area contributed by atoms with Crippen LogP contribution < -0.4 is 16.1 Å². The predicted octanol–water partition coefficient (Wildman–Crippen LogP) is 0.891. The molecule has 10 heteroatoms. The fraction of sp³-hybridized carbons (Fsp3) is 0.400. The molecule has 0 atom stereocenters. The highest BCUT2D eigenvalue weighted by molar-refractivity contribution is 5.96. The Morgan fingerprint density at radius 2 is 2.10 bits per heavy atom. The van der Waals surface area contributed by atoms with Gasteiger partial charge in [-0.15, -0.1) is 0 Å². The lowest BCUT2D eigenvalue weighted by atomic mass is 10.1. The van der Waals surface area contributed by atoms with Gasteiger partial charge < -0.3 is 25.2 Å². The Bertz CT molecular complexity index is 1140. The van der Waals surface area contributed by atoms with Crippen LogP contribution in [0.15, 0.2) is 29.3 Å². The third-order valence-corrected chi connectivity index (χ3v) is 5.29. The molecule has 0 bridgehead atoms. The summed E-state index contributed by atoms with van der Waals surface area (Å²) < 4.78 is 1.74. The Morgan fingerprint density at radius 1 is 1.27 bits per heavy atom. The number of fused-ring (bicyclic) bond motifs is 2. The predicted molar refractivity (Wildman–Crippen MR) is 113 cm³/mol. The van der Waals surface area contributed by atoms with Crippen LogP contribution in [0.2, 0.25) is 0 Å². The molecule has 0 saturated heterocycles. The molecule has 158 valence electrons. The normalized spacial score (nSPS) is 13.8. The number of hydrogen-bond donors (Lipinski definition) is 4. The fourth-order valence-corrected chi connectivity index (χ4v) is 3.74. The third-order valence-electron chi connectivity index (χ3n) is 5.29. The lowest BCUT2D eigenvalue weighted by molar-refractivity contribution is 0.0639. The van der Waals surface area contributed by atoms with Gasteiger partial charge in [-0.3, -0.25) is 14.7 Å². The number of hydrogen-bond acceptors (Lipinski definition) is 7. The Kier molecular flexibility index (Phi) is 5.40. The zero-order valence-electron chi connectivity index (χ0n) is 17.0. The highest BCUT2D eigenvalue weighted by Gasteiger charge is 2.31. The molecule has 1 aliphatic heterocycles. The van der Waals surface area contributed by atoms with Crippen molar-refractivity contribution in [3.05, 3.63) is 46.1 Å². The lowest BCUT2D eigenvalue weighted by Gasteiger charge is -2.34. The van der Waals surface area contributed by atoms with E-state index >= 15 is 0 Å². The monoisotopic (exact) mass is 411 g/mol. The van der Waals surface area contributed by atoms with E-state index in [2.05, 4.69) is 25.8 Å². The molecule has 4 heterocycles. The number of nitrogens with zero attached hydrogens (tertiary/aromatic N) is 4. The molecule has 1 aliphatic rings. The molecule has 0 saturated carbocycles. The number of aromatic nitrogens is 4. The van der Waals surface area contributed by atoms with E-state index in [1.165, 1.54) is 6.07 Å². The standard InChI is InChI=1S/C20H25N7O3/c1-12(2)26-7-8-27-13(9-16(28)18(29)17(27)20(26)30)10-21-5-6-23-19-14-11-24-25-15(14)3-4-22-19/h3-4,9,11-12,21,29H,5-8,10H2,1-2H3,(H,22,23)(H,24,25). The summed E-state index contributed by atoms with van der Waals surface area (Å²) in [6.45, 7) is 6.55. The number of carbonyl (C=O) groups is 1. The second-order valence-electron chi connectivity index (χ2n) is 7.54. The topological polar surface area (TPSA) is 128 Å². The van der Waals surface area contributed by atoms with Crippen LogP contribution >= 0.6 is 0 Å². The van der Waals surface area contributed by atoms with Gasteiger partial charge in [0.25, 0.3) is 5.91 Å². The first-order chi connectivity index (χ1) is 14.5. The molecule has 3 aromatic heterocycles. The zero-order chi connectivity index (χ0) is 21.3. The summed E-state index contributed by atoms with van der Waals surface area (Å²) in [6, 6.07) is 3.26. The molecule has 30 heavy (non-hydrogen) atoms. The van der Waals surface area contributed by atoms with Crippen molar-refractivity contribution in [3.63, 3.8) is 0 Å². The first-order valence-electron chi connectivity index (χ1n) is 9.96. The van der Waals surface area contributed by atoms with E-state index in [4.69, 9.17) is 0 Å². The van der Waals surface area contributed by atoms with E-state index in [-0.39, 0.29) is 17.6 Å². The average Bonchev–Trinajstić information content (AvgIpc) is 3.20. The van der Waals surface area contributed by atoms with Crippen molar-refractivity contribution in [2.24, 2.45) is 0 Å². The van der Waals surface area contributed by atoms with Crippen molar-refractivity contribution in [2.45, 2.75) is 33.0 Å². The molecule has 4 N–H and O–H groups in total. The quantitative estimate of drug-likeness (QED) is 0.425. The van der Waals surface area contributed by atoms with Gasteiger partial charge in [-0.25, -0.2) is 4.98 Å². The van der Waals surface area contributed by atoms with Gasteiger partial charge in [0.05, 0.1) is 17.1 Å². The Labute approximate surface area is 172 Å². The SMILES string of the molecule is CC(C)N1CCn2c(CNCCNc3nccc4[nH]ncc34)cc(=O)c(O)c2C1=O. The Hall–Kier alpha value is -3.40. The number of amides is 1. The van der Waals surface area contributed by atoms with E-state index < -0.39 is 11.2 Å². The summed E-state index contributed by atoms with van der Waals surface area (Å²) >= 11 is 0. The van der Waals surface area contributed by atoms with Crippen LogP contribution in [0.3, 0.4) is 0 Å². The van der Waals surface area contributed by atoms with Gasteiger partial charge >= 0.3 is 0 Å². The van der Waals surface area contributed by atoms with Crippen molar-refractivity contribution < 1.29 is 9.90 Å². The number of aromatic hydroxyl groups is 1. The van der Waals surface area contributed by atoms with Gasteiger partial charge in [0, 0.05) is 56.7 Å². The molecule has 4 rings (SSSR count). The molecule has 10 nitrogen and oxygen atoms in total. The summed E-state index contributed by atoms with van der Waals surface area (Å²) in [7, 11) is 0. The van der Waals surface area contributed by atoms with Gasteiger partial charge in [-0.1, -0.05) is 0 Å². The number of aromatic amines is 1. The van der Waals surface area contributed by atoms with Crippen LogP contribution in [0.1, 0.15) is 30.0 Å². The van der Waals surface area contributed by atoms with Gasteiger partial charge in [-0.2, -0.15) is 5.10 Å². The largest absolute Gasteiger partial charge is 0.503 e. The van der Waals surface area contributed by atoms with Gasteiger partial charge in [0.15, 0.2) is 11.4 Å². The maximum atomic E-state index is 12.8. The molecule has 0 fully saturated rings. The maximum Gasteiger partial charge on any atom is 0.274 e. The second kappa shape index (κ2) is 8.15. The van der Waals surface area contributed by atoms with E-state index in [9.17, 15) is 14.7 Å². The van der Waals surface area contributed by atoms with Gasteiger partial charge in [0.2, 0.25) is 5.43 Å². The summed E-state index contributed by atoms with van der Waals surface area (Å²) in [5, 5.41) is 24.6. The molecular weight excluding hydrogens is 386 g/mol. The molecule has 1 amide bonds. The number of nitrogens with one attached hydrogen (secondary N) is 3. The minimum Gasteiger partial charge on any atom is -0.503 e. The molecule has 0 unspecified atom stereocenters. The van der Waals surface area contributed by atoms with Crippen LogP contribution in [0.5, 0.6) is 5.75 Å². The number of H-pyrrole nitrogens is 1. The van der Waals surface area contributed by atoms with E-state index in [1.54, 1.807) is 21.9 Å². The number of rotatable bonds is 7. The first-order valence-corrected chi connectivity index (χ1v) is 9.96. The van der Waals surface area contributed by atoms with Crippen LogP contribution in [0.4, 0.5) is 5.82 Å². The number of pyridine rings is 2. The zero-order valence-corrected chi connectivity index (χ0v) is 17.0. The van der Waals surface area contributed by atoms with Crippen molar-refractivity contribution >= 4 is 22.6 Å². The summed E-state index contributed by atoms with van der Waals surface area (Å²) in [5.74, 6) is -0.0376. The van der Waals surface area contributed by atoms with Crippen molar-refractivity contribution in [1.82, 2.24) is 30.0 Å². The van der Waals surface area contributed by atoms with Crippen LogP contribution in [-0.4, -0.2) is 61.3 Å². The Morgan fingerprint density at radius 3 is 2.90 bits per heavy atom. The highest BCUT2D eigenvalue weighted by atomic mass is 16.3. The van der Waals surface area contributed by atoms with Crippen LogP contribution in [0, 0.1) is 0 Å². The average molecular weight is 411 g/mol. The van der Waals surface area contributed by atoms with Gasteiger partial charge in [-0.05, 0) is 19.9 Å². The molecular formula is C20H25N7O3. The molecule has 0 spiro atoms. The fourth-order valence-electron chi connectivity index (χ4n) is 3.74. The highest BCUT2D eigenvalue weighted by Crippen LogP contribution is 2.22. The Balaban J connectivity index is 1.42. The van der Waals surface area contributed by atoms with E-state index in [0.717, 1.165) is 16.7 Å². The van der Waals surface area contributed by atoms with E-state index in [1.807, 2.05) is 19.9 Å². The molecule has 0 aromatic carbocycles. The molecule has 3 aromatic rings. The molecule has 0 radical (unpaired) electrons. The smallest absolute Gasteiger partial charge is 0.274 e. The summed E-state index contributed by atoms with van der Waals surface area (Å²) in [6.07, 6.45) is 3.44. The second-order valence-corrected chi connectivity index (χ2v) is 7.54. The van der Waals surface area contributed by atoms with Gasteiger partial charge in [0.1, 0.15) is 5.82 Å².